The summed E-state index contributed by atoms with van der Waals surface area (Å²) in [7, 11) is 0. The standard InChI is InChI=1S/C13H10ClF3N4S2/c1-2-10-18-8(5-22-10)6-23-12-20-19-11-9(14)3-7(4-21(11)12)13(15,16)17/h3-5H,2,6H2,1H3. The zero-order valence-corrected chi connectivity index (χ0v) is 14.2. The second-order valence-electron chi connectivity index (χ2n) is 4.63. The van der Waals surface area contributed by atoms with E-state index in [-0.39, 0.29) is 10.7 Å². The minimum atomic E-state index is -4.48. The van der Waals surface area contributed by atoms with Crippen LogP contribution in [0, 0.1) is 0 Å². The van der Waals surface area contributed by atoms with Crippen LogP contribution in [0.2, 0.25) is 5.02 Å². The predicted molar refractivity (Wildman–Crippen MR) is 84.1 cm³/mol. The molecule has 0 saturated heterocycles. The molecule has 0 atom stereocenters. The summed E-state index contributed by atoms with van der Waals surface area (Å²) in [5.41, 5.74) is 0.236. The van der Waals surface area contributed by atoms with E-state index in [0.29, 0.717) is 10.9 Å². The number of alkyl halides is 3. The van der Waals surface area contributed by atoms with Crippen LogP contribution in [0.5, 0.6) is 0 Å². The largest absolute Gasteiger partial charge is 0.417 e. The third kappa shape index (κ3) is 3.46. The molecule has 0 N–H and O–H groups in total. The van der Waals surface area contributed by atoms with Gasteiger partial charge in [-0.25, -0.2) is 4.98 Å². The zero-order valence-electron chi connectivity index (χ0n) is 11.8. The van der Waals surface area contributed by atoms with Crippen molar-refractivity contribution in [1.82, 2.24) is 19.6 Å². The Labute approximate surface area is 142 Å². The Kier molecular flexibility index (Phi) is 4.52. The highest BCUT2D eigenvalue weighted by Crippen LogP contribution is 2.33. The smallest absolute Gasteiger partial charge is 0.276 e. The lowest BCUT2D eigenvalue weighted by Gasteiger charge is -2.08. The minimum Gasteiger partial charge on any atom is -0.276 e. The van der Waals surface area contributed by atoms with Crippen molar-refractivity contribution < 1.29 is 13.2 Å². The van der Waals surface area contributed by atoms with Gasteiger partial charge in [-0.15, -0.1) is 21.5 Å². The number of rotatable bonds is 4. The molecule has 0 aromatic carbocycles. The van der Waals surface area contributed by atoms with E-state index in [1.165, 1.54) is 16.2 Å². The van der Waals surface area contributed by atoms with Crippen LogP contribution in [0.25, 0.3) is 5.65 Å². The average Bonchev–Trinajstić information content (AvgIpc) is 3.10. The molecule has 3 aromatic heterocycles. The van der Waals surface area contributed by atoms with E-state index in [1.54, 1.807) is 11.3 Å². The maximum absolute atomic E-state index is 12.9. The Morgan fingerprint density at radius 3 is 2.78 bits per heavy atom. The molecule has 3 heterocycles. The monoisotopic (exact) mass is 378 g/mol. The number of thiazole rings is 1. The molecule has 3 aromatic rings. The van der Waals surface area contributed by atoms with Gasteiger partial charge in [-0.05, 0) is 12.5 Å². The minimum absolute atomic E-state index is 0.0823. The third-order valence-corrected chi connectivity index (χ3v) is 5.30. The molecular weight excluding hydrogens is 369 g/mol. The van der Waals surface area contributed by atoms with Crippen molar-refractivity contribution in [1.29, 1.82) is 0 Å². The normalized spacial score (nSPS) is 12.2. The first-order valence-electron chi connectivity index (χ1n) is 6.56. The van der Waals surface area contributed by atoms with E-state index in [2.05, 4.69) is 15.2 Å². The highest BCUT2D eigenvalue weighted by atomic mass is 35.5. The van der Waals surface area contributed by atoms with Crippen molar-refractivity contribution in [3.05, 3.63) is 38.9 Å². The second kappa shape index (κ2) is 6.29. The maximum Gasteiger partial charge on any atom is 0.417 e. The number of hydrogen-bond acceptors (Lipinski definition) is 5. The summed E-state index contributed by atoms with van der Waals surface area (Å²) in [4.78, 5) is 4.42. The molecular formula is C13H10ClF3N4S2. The van der Waals surface area contributed by atoms with Gasteiger partial charge < -0.3 is 0 Å². The van der Waals surface area contributed by atoms with Crippen molar-refractivity contribution in [3.8, 4) is 0 Å². The summed E-state index contributed by atoms with van der Waals surface area (Å²) in [5.74, 6) is 0.505. The van der Waals surface area contributed by atoms with Gasteiger partial charge in [0.2, 0.25) is 0 Å². The SMILES string of the molecule is CCc1nc(CSc2nnc3c(Cl)cc(C(F)(F)F)cn23)cs1. The van der Waals surface area contributed by atoms with Crippen molar-refractivity contribution >= 4 is 40.3 Å². The lowest BCUT2D eigenvalue weighted by atomic mass is 10.3. The highest BCUT2D eigenvalue weighted by Gasteiger charge is 2.32. The topological polar surface area (TPSA) is 43.1 Å². The van der Waals surface area contributed by atoms with Crippen molar-refractivity contribution in [2.75, 3.05) is 0 Å². The van der Waals surface area contributed by atoms with E-state index in [9.17, 15) is 13.2 Å². The summed E-state index contributed by atoms with van der Waals surface area (Å²) < 4.78 is 40.0. The lowest BCUT2D eigenvalue weighted by molar-refractivity contribution is -0.137. The van der Waals surface area contributed by atoms with Crippen LogP contribution in [0.4, 0.5) is 13.2 Å². The van der Waals surface area contributed by atoms with Gasteiger partial charge in [-0.3, -0.25) is 4.40 Å². The molecule has 0 radical (unpaired) electrons. The van der Waals surface area contributed by atoms with Crippen LogP contribution < -0.4 is 0 Å². The molecule has 0 aliphatic rings. The molecule has 10 heteroatoms. The number of aromatic nitrogens is 4. The highest BCUT2D eigenvalue weighted by molar-refractivity contribution is 7.98. The maximum atomic E-state index is 12.9. The van der Waals surface area contributed by atoms with E-state index >= 15 is 0 Å². The molecule has 0 fully saturated rings. The second-order valence-corrected chi connectivity index (χ2v) is 6.92. The average molecular weight is 379 g/mol. The predicted octanol–water partition coefficient (Wildman–Crippen LogP) is 4.71. The summed E-state index contributed by atoms with van der Waals surface area (Å²) in [6.07, 6.45) is -2.66. The summed E-state index contributed by atoms with van der Waals surface area (Å²) in [5, 5.41) is 11.0. The van der Waals surface area contributed by atoms with Crippen LogP contribution in [0.15, 0.2) is 22.8 Å². The number of fused-ring (bicyclic) bond motifs is 1. The van der Waals surface area contributed by atoms with Gasteiger partial charge in [0.25, 0.3) is 0 Å². The van der Waals surface area contributed by atoms with Crippen LogP contribution in [-0.2, 0) is 18.3 Å². The van der Waals surface area contributed by atoms with Gasteiger partial charge in [-0.1, -0.05) is 30.3 Å². The summed E-state index contributed by atoms with van der Waals surface area (Å²) in [6.45, 7) is 2.02. The molecule has 0 unspecified atom stereocenters. The van der Waals surface area contributed by atoms with Crippen molar-refractivity contribution in [3.63, 3.8) is 0 Å². The van der Waals surface area contributed by atoms with Gasteiger partial charge >= 0.3 is 6.18 Å². The van der Waals surface area contributed by atoms with E-state index in [4.69, 9.17) is 11.6 Å². The summed E-state index contributed by atoms with van der Waals surface area (Å²) >= 11 is 8.71. The quantitative estimate of drug-likeness (QED) is 0.616. The summed E-state index contributed by atoms with van der Waals surface area (Å²) in [6, 6.07) is 0.855. The first-order valence-corrected chi connectivity index (χ1v) is 8.80. The van der Waals surface area contributed by atoms with Crippen LogP contribution in [0.1, 0.15) is 23.2 Å². The first kappa shape index (κ1) is 16.5. The molecule has 122 valence electrons. The fourth-order valence-corrected chi connectivity index (χ4v) is 3.80. The molecule has 0 amide bonds. The molecule has 3 rings (SSSR count). The zero-order chi connectivity index (χ0) is 16.6. The number of nitrogens with zero attached hydrogens (tertiary/aromatic N) is 4. The number of halogens is 4. The fourth-order valence-electron chi connectivity index (χ4n) is 1.90. The third-order valence-electron chi connectivity index (χ3n) is 3.01. The number of aryl methyl sites for hydroxylation is 1. The van der Waals surface area contributed by atoms with Crippen LogP contribution in [-0.4, -0.2) is 19.6 Å². The van der Waals surface area contributed by atoms with Crippen molar-refractivity contribution in [2.45, 2.75) is 30.4 Å². The van der Waals surface area contributed by atoms with Gasteiger partial charge in [-0.2, -0.15) is 13.2 Å². The Hall–Kier alpha value is -1.32. The molecule has 0 aliphatic carbocycles. The molecule has 23 heavy (non-hydrogen) atoms. The first-order chi connectivity index (χ1) is 10.9. The van der Waals surface area contributed by atoms with Crippen LogP contribution in [0.3, 0.4) is 0 Å². The Morgan fingerprint density at radius 2 is 2.13 bits per heavy atom. The number of thioether (sulfide) groups is 1. The van der Waals surface area contributed by atoms with E-state index in [0.717, 1.165) is 29.4 Å². The number of pyridine rings is 1. The molecule has 0 spiro atoms. The van der Waals surface area contributed by atoms with Gasteiger partial charge in [0.15, 0.2) is 10.8 Å². The molecule has 4 nitrogen and oxygen atoms in total. The molecule has 0 bridgehead atoms. The Balaban J connectivity index is 1.90. The van der Waals surface area contributed by atoms with E-state index in [1.807, 2.05) is 12.3 Å². The number of hydrogen-bond donors (Lipinski definition) is 0. The molecule has 0 saturated carbocycles. The van der Waals surface area contributed by atoms with Crippen LogP contribution >= 0.6 is 34.7 Å². The lowest BCUT2D eigenvalue weighted by Crippen LogP contribution is -2.07. The van der Waals surface area contributed by atoms with Crippen molar-refractivity contribution in [2.24, 2.45) is 0 Å². The fraction of sp³-hybridized carbons (Fsp3) is 0.308. The molecule has 0 aliphatic heterocycles. The van der Waals surface area contributed by atoms with Gasteiger partial charge in [0.1, 0.15) is 0 Å². The Bertz CT molecular complexity index is 843. The van der Waals surface area contributed by atoms with Gasteiger partial charge in [0.05, 0.1) is 21.3 Å². The van der Waals surface area contributed by atoms with Gasteiger partial charge in [0, 0.05) is 17.3 Å². The van der Waals surface area contributed by atoms with E-state index < -0.39 is 11.7 Å². The Morgan fingerprint density at radius 1 is 1.35 bits per heavy atom.